The van der Waals surface area contributed by atoms with Crippen molar-refractivity contribution in [2.75, 3.05) is 6.54 Å². The van der Waals surface area contributed by atoms with E-state index in [1.54, 1.807) is 23.0 Å². The summed E-state index contributed by atoms with van der Waals surface area (Å²) in [5, 5.41) is 8.16. The average molecular weight is 375 g/mol. The van der Waals surface area contributed by atoms with Gasteiger partial charge in [-0.05, 0) is 41.9 Å². The van der Waals surface area contributed by atoms with Crippen LogP contribution in [0.15, 0.2) is 28.9 Å². The standard InChI is InChI=1S/C15H18BrClFN3/c1-3-8-19-14(10-6-5-7-11(16)13(10)18)15-12(17)9-20-21(15)4-2/h5-7,9,14,19H,3-4,8H2,1-2H3. The molecule has 2 rings (SSSR count). The van der Waals surface area contributed by atoms with Crippen molar-refractivity contribution in [2.45, 2.75) is 32.9 Å². The smallest absolute Gasteiger partial charge is 0.142 e. The molecule has 0 aliphatic carbocycles. The highest BCUT2D eigenvalue weighted by Crippen LogP contribution is 2.32. The Morgan fingerprint density at radius 3 is 2.86 bits per heavy atom. The fraction of sp³-hybridized carbons (Fsp3) is 0.400. The Balaban J connectivity index is 2.52. The summed E-state index contributed by atoms with van der Waals surface area (Å²) in [4.78, 5) is 0. The molecular formula is C15H18BrClFN3. The molecule has 0 spiro atoms. The second-order valence-corrected chi connectivity index (χ2v) is 5.99. The van der Waals surface area contributed by atoms with E-state index in [1.807, 2.05) is 13.0 Å². The molecule has 3 nitrogen and oxygen atoms in total. The zero-order valence-corrected chi connectivity index (χ0v) is 14.4. The van der Waals surface area contributed by atoms with E-state index < -0.39 is 0 Å². The van der Waals surface area contributed by atoms with E-state index in [1.165, 1.54) is 0 Å². The molecular weight excluding hydrogens is 357 g/mol. The molecule has 0 aliphatic rings. The Morgan fingerprint density at radius 2 is 2.19 bits per heavy atom. The maximum Gasteiger partial charge on any atom is 0.142 e. The second kappa shape index (κ2) is 7.38. The first-order chi connectivity index (χ1) is 10.1. The number of hydrogen-bond acceptors (Lipinski definition) is 2. The summed E-state index contributed by atoms with van der Waals surface area (Å²) in [6.07, 6.45) is 2.56. The van der Waals surface area contributed by atoms with E-state index in [-0.39, 0.29) is 11.9 Å². The normalized spacial score (nSPS) is 12.6. The first-order valence-electron chi connectivity index (χ1n) is 6.98. The molecule has 2 aromatic rings. The van der Waals surface area contributed by atoms with Gasteiger partial charge in [-0.25, -0.2) is 4.39 Å². The third-order valence-corrected chi connectivity index (χ3v) is 4.20. The van der Waals surface area contributed by atoms with E-state index in [0.29, 0.717) is 21.6 Å². The molecule has 0 radical (unpaired) electrons. The van der Waals surface area contributed by atoms with Gasteiger partial charge in [0.05, 0.1) is 27.4 Å². The van der Waals surface area contributed by atoms with Crippen molar-refractivity contribution in [1.29, 1.82) is 0 Å². The van der Waals surface area contributed by atoms with Crippen LogP contribution < -0.4 is 5.32 Å². The van der Waals surface area contributed by atoms with Crippen molar-refractivity contribution >= 4 is 27.5 Å². The fourth-order valence-electron chi connectivity index (χ4n) is 2.30. The molecule has 1 aromatic carbocycles. The molecule has 0 saturated heterocycles. The van der Waals surface area contributed by atoms with Crippen LogP contribution in [-0.2, 0) is 6.54 Å². The van der Waals surface area contributed by atoms with Gasteiger partial charge in [0.25, 0.3) is 0 Å². The van der Waals surface area contributed by atoms with Crippen molar-refractivity contribution in [3.8, 4) is 0 Å². The van der Waals surface area contributed by atoms with Gasteiger partial charge < -0.3 is 5.32 Å². The van der Waals surface area contributed by atoms with Gasteiger partial charge in [0.1, 0.15) is 5.82 Å². The second-order valence-electron chi connectivity index (χ2n) is 4.72. The quantitative estimate of drug-likeness (QED) is 0.804. The van der Waals surface area contributed by atoms with E-state index in [0.717, 1.165) is 18.7 Å². The van der Waals surface area contributed by atoms with Crippen LogP contribution in [0.5, 0.6) is 0 Å². The zero-order chi connectivity index (χ0) is 15.4. The van der Waals surface area contributed by atoms with Crippen LogP contribution in [0.4, 0.5) is 4.39 Å². The predicted molar refractivity (Wildman–Crippen MR) is 87.1 cm³/mol. The van der Waals surface area contributed by atoms with Crippen LogP contribution >= 0.6 is 27.5 Å². The number of benzene rings is 1. The lowest BCUT2D eigenvalue weighted by atomic mass is 10.0. The number of aromatic nitrogens is 2. The van der Waals surface area contributed by atoms with E-state index in [2.05, 4.69) is 33.3 Å². The molecule has 1 unspecified atom stereocenters. The lowest BCUT2D eigenvalue weighted by molar-refractivity contribution is 0.504. The molecule has 6 heteroatoms. The summed E-state index contributed by atoms with van der Waals surface area (Å²) in [5.74, 6) is -0.272. The third-order valence-electron chi connectivity index (χ3n) is 3.30. The minimum Gasteiger partial charge on any atom is -0.305 e. The van der Waals surface area contributed by atoms with Crippen LogP contribution in [0, 0.1) is 5.82 Å². The largest absolute Gasteiger partial charge is 0.305 e. The Morgan fingerprint density at radius 1 is 1.43 bits per heavy atom. The highest BCUT2D eigenvalue weighted by molar-refractivity contribution is 9.10. The highest BCUT2D eigenvalue weighted by atomic mass is 79.9. The number of rotatable bonds is 6. The maximum atomic E-state index is 14.5. The van der Waals surface area contributed by atoms with Crippen LogP contribution in [0.1, 0.15) is 37.6 Å². The third kappa shape index (κ3) is 3.47. The van der Waals surface area contributed by atoms with Gasteiger partial charge in [-0.15, -0.1) is 0 Å². The van der Waals surface area contributed by atoms with Crippen molar-refractivity contribution in [3.63, 3.8) is 0 Å². The minimum atomic E-state index is -0.322. The maximum absolute atomic E-state index is 14.5. The lowest BCUT2D eigenvalue weighted by Crippen LogP contribution is -2.27. The molecule has 1 atom stereocenters. The summed E-state index contributed by atoms with van der Waals surface area (Å²) in [6.45, 7) is 5.50. The molecule has 1 aromatic heterocycles. The monoisotopic (exact) mass is 373 g/mol. The predicted octanol–water partition coefficient (Wildman–Crippen LogP) is 4.55. The van der Waals surface area contributed by atoms with Gasteiger partial charge in [0.15, 0.2) is 0 Å². The van der Waals surface area contributed by atoms with E-state index >= 15 is 0 Å². The fourth-order valence-corrected chi connectivity index (χ4v) is 2.93. The number of halogens is 3. The number of aryl methyl sites for hydroxylation is 1. The van der Waals surface area contributed by atoms with Crippen LogP contribution in [-0.4, -0.2) is 16.3 Å². The number of hydrogen-bond donors (Lipinski definition) is 1. The molecule has 114 valence electrons. The first kappa shape index (κ1) is 16.5. The summed E-state index contributed by atoms with van der Waals surface area (Å²) < 4.78 is 16.7. The topological polar surface area (TPSA) is 29.9 Å². The van der Waals surface area contributed by atoms with Crippen molar-refractivity contribution in [2.24, 2.45) is 0 Å². The molecule has 0 aliphatic heterocycles. The summed E-state index contributed by atoms with van der Waals surface area (Å²) in [6, 6.07) is 4.96. The van der Waals surface area contributed by atoms with Crippen molar-refractivity contribution < 1.29 is 4.39 Å². The summed E-state index contributed by atoms with van der Waals surface area (Å²) in [5.41, 5.74) is 1.36. The molecule has 21 heavy (non-hydrogen) atoms. The van der Waals surface area contributed by atoms with Gasteiger partial charge in [0, 0.05) is 12.1 Å². The van der Waals surface area contributed by atoms with Crippen molar-refractivity contribution in [1.82, 2.24) is 15.1 Å². The average Bonchev–Trinajstić information content (AvgIpc) is 2.85. The molecule has 1 heterocycles. The molecule has 0 fully saturated rings. The van der Waals surface area contributed by atoms with Gasteiger partial charge in [-0.1, -0.05) is 30.7 Å². The summed E-state index contributed by atoms with van der Waals surface area (Å²) >= 11 is 9.52. The van der Waals surface area contributed by atoms with Gasteiger partial charge in [-0.2, -0.15) is 5.10 Å². The molecule has 0 bridgehead atoms. The molecule has 1 N–H and O–H groups in total. The van der Waals surface area contributed by atoms with Crippen molar-refractivity contribution in [3.05, 3.63) is 51.0 Å². The lowest BCUT2D eigenvalue weighted by Gasteiger charge is -2.21. The first-order valence-corrected chi connectivity index (χ1v) is 8.15. The van der Waals surface area contributed by atoms with E-state index in [4.69, 9.17) is 11.6 Å². The Hall–Kier alpha value is -0.910. The summed E-state index contributed by atoms with van der Waals surface area (Å²) in [7, 11) is 0. The van der Waals surface area contributed by atoms with Crippen LogP contribution in [0.2, 0.25) is 5.02 Å². The number of nitrogens with zero attached hydrogens (tertiary/aromatic N) is 2. The molecule has 0 amide bonds. The highest BCUT2D eigenvalue weighted by Gasteiger charge is 2.24. The van der Waals surface area contributed by atoms with Gasteiger partial charge in [0.2, 0.25) is 0 Å². The van der Waals surface area contributed by atoms with Gasteiger partial charge in [-0.3, -0.25) is 4.68 Å². The Kier molecular flexibility index (Phi) is 5.79. The Bertz CT molecular complexity index is 615. The SMILES string of the molecule is CCCNC(c1cccc(Br)c1F)c1c(Cl)cnn1CC. The molecule has 0 saturated carbocycles. The zero-order valence-electron chi connectivity index (χ0n) is 12.0. The van der Waals surface area contributed by atoms with Crippen LogP contribution in [0.3, 0.4) is 0 Å². The Labute approximate surface area is 137 Å². The van der Waals surface area contributed by atoms with Crippen LogP contribution in [0.25, 0.3) is 0 Å². The minimum absolute atomic E-state index is 0.272. The van der Waals surface area contributed by atoms with E-state index in [9.17, 15) is 4.39 Å². The van der Waals surface area contributed by atoms with Gasteiger partial charge >= 0.3 is 0 Å². The number of nitrogens with one attached hydrogen (secondary N) is 1.